The molecular weight excluding hydrogens is 524 g/mol. The Kier molecular flexibility index (Phi) is 9.00. The van der Waals surface area contributed by atoms with E-state index in [9.17, 15) is 9.59 Å². The lowest BCUT2D eigenvalue weighted by molar-refractivity contribution is 0.106. The van der Waals surface area contributed by atoms with Crippen LogP contribution in [0.3, 0.4) is 0 Å². The smallest absolute Gasteiger partial charge is 0.325 e. The molecule has 4 amide bonds. The molecule has 2 aromatic rings. The van der Waals surface area contributed by atoms with Gasteiger partial charge in [0.05, 0.1) is 46.2 Å². The van der Waals surface area contributed by atoms with Crippen molar-refractivity contribution in [2.75, 3.05) is 53.4 Å². The number of likely N-dealkylation sites (N-methyl/N-ethyl adjacent to an activating group) is 1. The van der Waals surface area contributed by atoms with Crippen LogP contribution in [0.2, 0.25) is 0 Å². The maximum Gasteiger partial charge on any atom is 0.325 e. The third-order valence-corrected chi connectivity index (χ3v) is 8.15. The van der Waals surface area contributed by atoms with E-state index in [2.05, 4.69) is 24.6 Å². The summed E-state index contributed by atoms with van der Waals surface area (Å²) in [6.07, 6.45) is 4.12. The molecule has 3 aliphatic rings. The molecule has 0 atom stereocenters. The highest BCUT2D eigenvalue weighted by Gasteiger charge is 2.54. The summed E-state index contributed by atoms with van der Waals surface area (Å²) in [7, 11) is 6.43. The van der Waals surface area contributed by atoms with Crippen molar-refractivity contribution in [3.05, 3.63) is 66.4 Å². The molecule has 10 heteroatoms. The van der Waals surface area contributed by atoms with Gasteiger partial charge in [-0.25, -0.2) is 9.59 Å². The molecular formula is C31H42N4O6. The Balaban J connectivity index is 0.00000158. The van der Waals surface area contributed by atoms with Crippen molar-refractivity contribution in [2.24, 2.45) is 0 Å². The number of carbonyl (C=O) groups is 2. The second-order valence-electron chi connectivity index (χ2n) is 9.89. The highest BCUT2D eigenvalue weighted by molar-refractivity contribution is 5.91. The van der Waals surface area contributed by atoms with Crippen LogP contribution < -0.4 is 24.3 Å². The van der Waals surface area contributed by atoms with E-state index in [0.717, 1.165) is 22.6 Å². The van der Waals surface area contributed by atoms with E-state index in [-0.39, 0.29) is 13.5 Å². The monoisotopic (exact) mass is 566 g/mol. The fraction of sp³-hybridized carbons (Fsp3) is 0.419. The largest absolute Gasteiger partial charge is 0.497 e. The zero-order valence-electron chi connectivity index (χ0n) is 24.6. The number of nitrogens with one attached hydrogen (secondary N) is 1. The lowest BCUT2D eigenvalue weighted by Crippen LogP contribution is -2.55. The molecule has 0 aromatic heterocycles. The van der Waals surface area contributed by atoms with Crippen LogP contribution in [0.4, 0.5) is 15.3 Å². The number of piperidine rings is 1. The van der Waals surface area contributed by atoms with Gasteiger partial charge >= 0.3 is 12.1 Å². The number of amides is 4. The average molecular weight is 567 g/mol. The van der Waals surface area contributed by atoms with E-state index in [1.807, 2.05) is 28.9 Å². The van der Waals surface area contributed by atoms with Crippen molar-refractivity contribution in [2.45, 2.75) is 38.3 Å². The number of allylic oxidation sites excluding steroid dienone is 1. The summed E-state index contributed by atoms with van der Waals surface area (Å²) >= 11 is 0. The molecule has 0 unspecified atom stereocenters. The van der Waals surface area contributed by atoms with Gasteiger partial charge in [-0.05, 0) is 49.9 Å². The Labute approximate surface area is 243 Å². The molecule has 1 spiro atoms. The Morgan fingerprint density at radius 1 is 0.976 bits per heavy atom. The van der Waals surface area contributed by atoms with E-state index in [1.165, 1.54) is 0 Å². The van der Waals surface area contributed by atoms with Gasteiger partial charge in [-0.1, -0.05) is 6.08 Å². The number of nitrogens with zero attached hydrogens (tertiary/aromatic N) is 3. The van der Waals surface area contributed by atoms with Gasteiger partial charge in [0, 0.05) is 44.5 Å². The third-order valence-electron chi connectivity index (χ3n) is 8.15. The Morgan fingerprint density at radius 2 is 1.66 bits per heavy atom. The van der Waals surface area contributed by atoms with Crippen LogP contribution in [0.25, 0.3) is 0 Å². The standard InChI is InChI=1S/C29H36N4O6.C2H4.H2/c1-6-33-28(35)32-18-19-15-21(37-3)17-25(39-5)22(19)8-10-26(32)29(33)11-13-31(14-12-29)27(34)30-23-16-20(36-2)7-9-24(23)38-4;1-2;/h7,9-10,15-17H,6,8,11-14,18H2,1-5H3,(H,30,34);1-2H2;1H. The number of hydrogen-bond acceptors (Lipinski definition) is 6. The topological polar surface area (TPSA) is 92.8 Å². The van der Waals surface area contributed by atoms with Gasteiger partial charge in [0.15, 0.2) is 0 Å². The van der Waals surface area contributed by atoms with E-state index in [1.54, 1.807) is 51.5 Å². The number of fused-ring (bicyclic) bond motifs is 3. The van der Waals surface area contributed by atoms with Crippen molar-refractivity contribution < 1.29 is 30.0 Å². The molecule has 2 fully saturated rings. The predicted molar refractivity (Wildman–Crippen MR) is 160 cm³/mol. The number of hydrogen-bond donors (Lipinski definition) is 1. The summed E-state index contributed by atoms with van der Waals surface area (Å²) in [4.78, 5) is 32.7. The molecule has 2 aromatic carbocycles. The zero-order chi connectivity index (χ0) is 29.7. The number of methoxy groups -OCH3 is 4. The predicted octanol–water partition coefficient (Wildman–Crippen LogP) is 5.53. The normalized spacial score (nSPS) is 17.0. The summed E-state index contributed by atoms with van der Waals surface area (Å²) in [6.45, 7) is 10.1. The van der Waals surface area contributed by atoms with Crippen LogP contribution in [-0.2, 0) is 13.0 Å². The number of likely N-dealkylation sites (tertiary alicyclic amines) is 1. The average Bonchev–Trinajstić information content (AvgIpc) is 3.12. The maximum absolute atomic E-state index is 13.7. The van der Waals surface area contributed by atoms with Crippen LogP contribution >= 0.6 is 0 Å². The third kappa shape index (κ3) is 5.26. The van der Waals surface area contributed by atoms with E-state index in [4.69, 9.17) is 18.9 Å². The quantitative estimate of drug-likeness (QED) is 0.462. The highest BCUT2D eigenvalue weighted by atomic mass is 16.5. The number of carbonyl (C=O) groups excluding carboxylic acids is 2. The first-order chi connectivity index (χ1) is 19.9. The first-order valence-electron chi connectivity index (χ1n) is 13.7. The van der Waals surface area contributed by atoms with Gasteiger partial charge in [0.25, 0.3) is 0 Å². The van der Waals surface area contributed by atoms with Gasteiger partial charge in [-0.15, -0.1) is 13.2 Å². The summed E-state index contributed by atoms with van der Waals surface area (Å²) in [5, 5.41) is 2.97. The second-order valence-corrected chi connectivity index (χ2v) is 9.89. The molecule has 5 rings (SSSR count). The van der Waals surface area contributed by atoms with Crippen molar-refractivity contribution >= 4 is 17.7 Å². The molecule has 41 heavy (non-hydrogen) atoms. The van der Waals surface area contributed by atoms with Gasteiger partial charge in [0.2, 0.25) is 0 Å². The minimum atomic E-state index is -0.463. The Bertz CT molecular complexity index is 1320. The van der Waals surface area contributed by atoms with Crippen LogP contribution in [0.5, 0.6) is 23.0 Å². The van der Waals surface area contributed by atoms with Gasteiger partial charge in [-0.2, -0.15) is 0 Å². The molecule has 0 bridgehead atoms. The molecule has 0 radical (unpaired) electrons. The molecule has 1 N–H and O–H groups in total. The molecule has 222 valence electrons. The van der Waals surface area contributed by atoms with Crippen LogP contribution in [0, 0.1) is 0 Å². The lowest BCUT2D eigenvalue weighted by Gasteiger charge is -2.44. The Morgan fingerprint density at radius 3 is 2.27 bits per heavy atom. The summed E-state index contributed by atoms with van der Waals surface area (Å²) in [5.41, 5.74) is 3.18. The van der Waals surface area contributed by atoms with E-state index >= 15 is 0 Å². The van der Waals surface area contributed by atoms with E-state index < -0.39 is 5.54 Å². The molecule has 2 saturated heterocycles. The van der Waals surface area contributed by atoms with Crippen LogP contribution in [0.15, 0.2) is 55.3 Å². The summed E-state index contributed by atoms with van der Waals surface area (Å²) < 4.78 is 21.9. The molecule has 0 saturated carbocycles. The van der Waals surface area contributed by atoms with Gasteiger partial charge in [0.1, 0.15) is 23.0 Å². The van der Waals surface area contributed by atoms with Crippen molar-refractivity contribution in [1.82, 2.24) is 14.7 Å². The van der Waals surface area contributed by atoms with Crippen molar-refractivity contribution in [1.29, 1.82) is 0 Å². The molecule has 10 nitrogen and oxygen atoms in total. The first-order valence-corrected chi connectivity index (χ1v) is 13.7. The van der Waals surface area contributed by atoms with Crippen molar-refractivity contribution in [3.63, 3.8) is 0 Å². The summed E-state index contributed by atoms with van der Waals surface area (Å²) in [6, 6.07) is 8.95. The molecule has 3 aliphatic heterocycles. The first kappa shape index (κ1) is 29.6. The SMILES string of the molecule is C=C.CCN1C(=O)N2Cc3cc(OC)cc(OC)c3CC=C2C12CCN(C(=O)Nc1cc(OC)ccc1OC)CC2.[HH]. The van der Waals surface area contributed by atoms with Crippen LogP contribution in [0.1, 0.15) is 32.3 Å². The second kappa shape index (κ2) is 12.4. The number of ether oxygens (including phenoxy) is 4. The molecule has 0 aliphatic carbocycles. The fourth-order valence-electron chi connectivity index (χ4n) is 6.14. The van der Waals surface area contributed by atoms with E-state index in [0.29, 0.717) is 68.4 Å². The number of benzene rings is 2. The highest BCUT2D eigenvalue weighted by Crippen LogP contribution is 2.47. The summed E-state index contributed by atoms with van der Waals surface area (Å²) in [5.74, 6) is 2.65. The Hall–Kier alpha value is -4.34. The maximum atomic E-state index is 13.7. The zero-order valence-corrected chi connectivity index (χ0v) is 24.6. The van der Waals surface area contributed by atoms with Gasteiger partial charge in [-0.3, -0.25) is 4.90 Å². The van der Waals surface area contributed by atoms with Crippen LogP contribution in [-0.4, -0.2) is 80.4 Å². The molecule has 3 heterocycles. The minimum Gasteiger partial charge on any atom is -0.497 e. The fourth-order valence-corrected chi connectivity index (χ4v) is 6.14. The van der Waals surface area contributed by atoms with Gasteiger partial charge < -0.3 is 34.1 Å². The minimum absolute atomic E-state index is 0. The number of rotatable bonds is 6. The number of anilines is 1. The number of urea groups is 2. The van der Waals surface area contributed by atoms with Crippen molar-refractivity contribution in [3.8, 4) is 23.0 Å². The lowest BCUT2D eigenvalue weighted by atomic mass is 9.83.